The molecule has 0 radical (unpaired) electrons. The van der Waals surface area contributed by atoms with Gasteiger partial charge in [-0.25, -0.2) is 4.98 Å². The van der Waals surface area contributed by atoms with E-state index in [1.165, 1.54) is 5.56 Å². The Bertz CT molecular complexity index is 881. The second kappa shape index (κ2) is 7.12. The number of hydrogen-bond donors (Lipinski definition) is 1. The van der Waals surface area contributed by atoms with E-state index in [4.69, 9.17) is 0 Å². The van der Waals surface area contributed by atoms with Crippen LogP contribution in [0, 0.1) is 12.8 Å². The predicted molar refractivity (Wildman–Crippen MR) is 101 cm³/mol. The van der Waals surface area contributed by atoms with Gasteiger partial charge in [-0.1, -0.05) is 29.8 Å². The molecule has 132 valence electrons. The Morgan fingerprint density at radius 2 is 1.96 bits per heavy atom. The van der Waals surface area contributed by atoms with Crippen LogP contribution in [-0.4, -0.2) is 26.5 Å². The minimum absolute atomic E-state index is 0.0439. The molecule has 1 N–H and O–H groups in total. The highest BCUT2D eigenvalue weighted by molar-refractivity contribution is 5.95. The molecule has 1 aliphatic rings. The number of nitrogens with zero attached hydrogens (tertiary/aromatic N) is 3. The van der Waals surface area contributed by atoms with Crippen molar-refractivity contribution in [3.63, 3.8) is 0 Å². The van der Waals surface area contributed by atoms with Gasteiger partial charge in [-0.3, -0.25) is 9.78 Å². The smallest absolute Gasteiger partial charge is 0.253 e. The zero-order valence-corrected chi connectivity index (χ0v) is 14.8. The molecule has 0 aliphatic heterocycles. The molecule has 0 unspecified atom stereocenters. The maximum Gasteiger partial charge on any atom is 0.253 e. The van der Waals surface area contributed by atoms with E-state index in [0.717, 1.165) is 30.5 Å². The molecule has 4 rings (SSSR count). The Morgan fingerprint density at radius 1 is 1.15 bits per heavy atom. The Balaban J connectivity index is 1.35. The summed E-state index contributed by atoms with van der Waals surface area (Å²) in [6.45, 7) is 3.03. The number of amides is 1. The number of imidazole rings is 1. The molecule has 0 bridgehead atoms. The standard InChI is InChI=1S/C21H22N4O/c1-15-2-4-17(5-3-15)18-10-19(12-23-11-18)21(26)24-20-8-16(9-20)13-25-7-6-22-14-25/h2-7,10-12,14,16,20H,8-9,13H2,1H3,(H,24,26). The van der Waals surface area contributed by atoms with Gasteiger partial charge in [-0.15, -0.1) is 0 Å². The Labute approximate surface area is 153 Å². The number of rotatable bonds is 5. The minimum atomic E-state index is -0.0439. The van der Waals surface area contributed by atoms with Crippen LogP contribution in [0.5, 0.6) is 0 Å². The van der Waals surface area contributed by atoms with E-state index in [9.17, 15) is 4.79 Å². The lowest BCUT2D eigenvalue weighted by Gasteiger charge is -2.36. The fourth-order valence-corrected chi connectivity index (χ4v) is 3.43. The highest BCUT2D eigenvalue weighted by Gasteiger charge is 2.30. The molecule has 5 nitrogen and oxygen atoms in total. The maximum absolute atomic E-state index is 12.5. The van der Waals surface area contributed by atoms with Gasteiger partial charge >= 0.3 is 0 Å². The van der Waals surface area contributed by atoms with Crippen LogP contribution in [0.25, 0.3) is 11.1 Å². The van der Waals surface area contributed by atoms with Gasteiger partial charge in [0.1, 0.15) is 0 Å². The van der Waals surface area contributed by atoms with Crippen LogP contribution in [0.4, 0.5) is 0 Å². The molecule has 26 heavy (non-hydrogen) atoms. The summed E-state index contributed by atoms with van der Waals surface area (Å²) >= 11 is 0. The molecule has 1 saturated carbocycles. The zero-order valence-electron chi connectivity index (χ0n) is 14.8. The summed E-state index contributed by atoms with van der Waals surface area (Å²) in [5, 5.41) is 3.13. The second-order valence-electron chi connectivity index (χ2n) is 7.10. The van der Waals surface area contributed by atoms with Crippen LogP contribution < -0.4 is 5.32 Å². The number of carbonyl (C=O) groups excluding carboxylic acids is 1. The van der Waals surface area contributed by atoms with Gasteiger partial charge in [-0.05, 0) is 37.3 Å². The lowest BCUT2D eigenvalue weighted by molar-refractivity contribution is 0.0881. The third kappa shape index (κ3) is 3.67. The molecule has 0 saturated heterocycles. The normalized spacial score (nSPS) is 19.0. The van der Waals surface area contributed by atoms with Crippen LogP contribution in [-0.2, 0) is 6.54 Å². The fourth-order valence-electron chi connectivity index (χ4n) is 3.43. The Morgan fingerprint density at radius 3 is 2.69 bits per heavy atom. The van der Waals surface area contributed by atoms with E-state index < -0.39 is 0 Å². The molecule has 1 amide bonds. The van der Waals surface area contributed by atoms with Gasteiger partial charge in [0, 0.05) is 42.9 Å². The number of aryl methyl sites for hydroxylation is 1. The van der Waals surface area contributed by atoms with Crippen molar-refractivity contribution in [2.24, 2.45) is 5.92 Å². The molecule has 2 aromatic heterocycles. The van der Waals surface area contributed by atoms with Crippen molar-refractivity contribution in [2.45, 2.75) is 32.4 Å². The summed E-state index contributed by atoms with van der Waals surface area (Å²) in [6, 6.07) is 10.4. The molecule has 0 spiro atoms. The van der Waals surface area contributed by atoms with Crippen LogP contribution in [0.15, 0.2) is 61.4 Å². The quantitative estimate of drug-likeness (QED) is 0.770. The molecular weight excluding hydrogens is 324 g/mol. The number of nitrogens with one attached hydrogen (secondary N) is 1. The summed E-state index contributed by atoms with van der Waals surface area (Å²) < 4.78 is 2.09. The summed E-state index contributed by atoms with van der Waals surface area (Å²) in [6.07, 6.45) is 11.1. The highest BCUT2D eigenvalue weighted by Crippen LogP contribution is 2.29. The van der Waals surface area contributed by atoms with Crippen molar-refractivity contribution in [3.8, 4) is 11.1 Å². The zero-order chi connectivity index (χ0) is 17.9. The summed E-state index contributed by atoms with van der Waals surface area (Å²) in [7, 11) is 0. The monoisotopic (exact) mass is 346 g/mol. The van der Waals surface area contributed by atoms with E-state index >= 15 is 0 Å². The first-order chi connectivity index (χ1) is 12.7. The largest absolute Gasteiger partial charge is 0.349 e. The van der Waals surface area contributed by atoms with Crippen molar-refractivity contribution in [1.29, 1.82) is 0 Å². The molecule has 1 aromatic carbocycles. The maximum atomic E-state index is 12.5. The van der Waals surface area contributed by atoms with Crippen molar-refractivity contribution in [3.05, 3.63) is 72.6 Å². The van der Waals surface area contributed by atoms with Gasteiger partial charge in [0.2, 0.25) is 0 Å². The van der Waals surface area contributed by atoms with Gasteiger partial charge in [0.15, 0.2) is 0 Å². The Hall–Kier alpha value is -2.95. The topological polar surface area (TPSA) is 59.8 Å². The fraction of sp³-hybridized carbons (Fsp3) is 0.286. The molecule has 1 aliphatic carbocycles. The average molecular weight is 346 g/mol. The lowest BCUT2D eigenvalue weighted by Crippen LogP contribution is -2.45. The lowest BCUT2D eigenvalue weighted by atomic mass is 9.80. The molecule has 5 heteroatoms. The number of pyridine rings is 1. The second-order valence-corrected chi connectivity index (χ2v) is 7.10. The average Bonchev–Trinajstić information content (AvgIpc) is 3.14. The Kier molecular flexibility index (Phi) is 4.52. The highest BCUT2D eigenvalue weighted by atomic mass is 16.1. The molecule has 0 atom stereocenters. The predicted octanol–water partition coefficient (Wildman–Crippen LogP) is 3.46. The van der Waals surface area contributed by atoms with E-state index in [1.807, 2.05) is 18.6 Å². The molecule has 3 aromatic rings. The van der Waals surface area contributed by atoms with Crippen LogP contribution >= 0.6 is 0 Å². The van der Waals surface area contributed by atoms with Crippen LogP contribution in [0.3, 0.4) is 0 Å². The van der Waals surface area contributed by atoms with Crippen molar-refractivity contribution in [1.82, 2.24) is 19.9 Å². The van der Waals surface area contributed by atoms with Crippen molar-refractivity contribution >= 4 is 5.91 Å². The molecule has 1 fully saturated rings. The van der Waals surface area contributed by atoms with E-state index in [-0.39, 0.29) is 11.9 Å². The van der Waals surface area contributed by atoms with Crippen LogP contribution in [0.1, 0.15) is 28.8 Å². The number of hydrogen-bond acceptors (Lipinski definition) is 3. The van der Waals surface area contributed by atoms with E-state index in [1.54, 1.807) is 18.6 Å². The van der Waals surface area contributed by atoms with Gasteiger partial charge in [-0.2, -0.15) is 0 Å². The van der Waals surface area contributed by atoms with Gasteiger partial charge in [0.05, 0.1) is 11.9 Å². The minimum Gasteiger partial charge on any atom is -0.349 e. The SMILES string of the molecule is Cc1ccc(-c2cncc(C(=O)NC3CC(Cn4ccnc4)C3)c2)cc1. The number of carbonyl (C=O) groups is 1. The molecule has 2 heterocycles. The number of aromatic nitrogens is 3. The first-order valence-electron chi connectivity index (χ1n) is 8.96. The van der Waals surface area contributed by atoms with E-state index in [2.05, 4.69) is 51.0 Å². The van der Waals surface area contributed by atoms with Crippen LogP contribution in [0.2, 0.25) is 0 Å². The van der Waals surface area contributed by atoms with Crippen molar-refractivity contribution < 1.29 is 4.79 Å². The third-order valence-corrected chi connectivity index (χ3v) is 4.98. The molecular formula is C21H22N4O. The summed E-state index contributed by atoms with van der Waals surface area (Å²) in [5.74, 6) is 0.559. The van der Waals surface area contributed by atoms with Gasteiger partial charge in [0.25, 0.3) is 5.91 Å². The summed E-state index contributed by atoms with van der Waals surface area (Å²) in [5.41, 5.74) is 3.86. The van der Waals surface area contributed by atoms with E-state index in [0.29, 0.717) is 11.5 Å². The summed E-state index contributed by atoms with van der Waals surface area (Å²) in [4.78, 5) is 20.9. The first kappa shape index (κ1) is 16.5. The van der Waals surface area contributed by atoms with Gasteiger partial charge < -0.3 is 9.88 Å². The first-order valence-corrected chi connectivity index (χ1v) is 8.96. The third-order valence-electron chi connectivity index (χ3n) is 4.98. The van der Waals surface area contributed by atoms with Crippen molar-refractivity contribution in [2.75, 3.05) is 0 Å². The number of benzene rings is 1.